The Balaban J connectivity index is 2.83. The largest absolute Gasteiger partial charge is 0.462 e. The van der Waals surface area contributed by atoms with Crippen molar-refractivity contribution in [2.24, 2.45) is 0 Å². The number of ether oxygens (including phenoxy) is 1. The smallest absolute Gasteiger partial charge is 0.342 e. The van der Waals surface area contributed by atoms with Crippen LogP contribution in [-0.2, 0) is 4.74 Å². The van der Waals surface area contributed by atoms with Gasteiger partial charge in [0.25, 0.3) is 0 Å². The van der Waals surface area contributed by atoms with Gasteiger partial charge in [-0.15, -0.1) is 0 Å². The molecule has 1 heterocycles. The highest BCUT2D eigenvalue weighted by Gasteiger charge is 2.17. The van der Waals surface area contributed by atoms with Crippen LogP contribution in [0.2, 0.25) is 10.2 Å². The first kappa shape index (κ1) is 13.3. The molecule has 0 saturated heterocycles. The van der Waals surface area contributed by atoms with Crippen LogP contribution >= 0.6 is 23.2 Å². The Kier molecular flexibility index (Phi) is 5.03. The molecule has 16 heavy (non-hydrogen) atoms. The zero-order valence-electron chi connectivity index (χ0n) is 9.22. The quantitative estimate of drug-likeness (QED) is 0.472. The molecule has 5 heteroatoms. The molecule has 0 unspecified atom stereocenters. The van der Waals surface area contributed by atoms with E-state index in [1.54, 1.807) is 13.0 Å². The van der Waals surface area contributed by atoms with Gasteiger partial charge in [-0.1, -0.05) is 36.5 Å². The van der Waals surface area contributed by atoms with Gasteiger partial charge in [0, 0.05) is 5.69 Å². The summed E-state index contributed by atoms with van der Waals surface area (Å²) in [5, 5.41) is 0.366. The molecule has 88 valence electrons. The first-order chi connectivity index (χ1) is 7.56. The Morgan fingerprint density at radius 1 is 1.50 bits per heavy atom. The predicted octanol–water partition coefficient (Wildman–Crippen LogP) is 3.65. The number of aromatic nitrogens is 1. The fraction of sp³-hybridized carbons (Fsp3) is 0.455. The number of rotatable bonds is 4. The van der Waals surface area contributed by atoms with Crippen LogP contribution in [0.3, 0.4) is 0 Å². The van der Waals surface area contributed by atoms with Gasteiger partial charge in [0.15, 0.2) is 0 Å². The summed E-state index contributed by atoms with van der Waals surface area (Å²) in [5.41, 5.74) is 0.810. The Hall–Kier alpha value is -0.800. The first-order valence-corrected chi connectivity index (χ1v) is 5.81. The van der Waals surface area contributed by atoms with E-state index in [1.807, 2.05) is 6.92 Å². The number of hydrogen-bond donors (Lipinski definition) is 0. The summed E-state index contributed by atoms with van der Waals surface area (Å²) in [6, 6.07) is 1.59. The molecule has 0 radical (unpaired) electrons. The molecule has 1 aromatic rings. The number of hydrogen-bond acceptors (Lipinski definition) is 3. The Morgan fingerprint density at radius 2 is 2.19 bits per heavy atom. The lowest BCUT2D eigenvalue weighted by Gasteiger charge is -2.07. The molecule has 0 N–H and O–H groups in total. The fourth-order valence-corrected chi connectivity index (χ4v) is 1.85. The number of nitrogens with zero attached hydrogens (tertiary/aromatic N) is 1. The minimum absolute atomic E-state index is 0.0894. The highest BCUT2D eigenvalue weighted by molar-refractivity contribution is 6.38. The summed E-state index contributed by atoms with van der Waals surface area (Å²) in [6.45, 7) is 4.14. The Morgan fingerprint density at radius 3 is 2.75 bits per heavy atom. The number of unbranched alkanes of at least 4 members (excludes halogenated alkanes) is 1. The molecule has 0 aromatic carbocycles. The summed E-state index contributed by atoms with van der Waals surface area (Å²) in [6.07, 6.45) is 1.78. The van der Waals surface area contributed by atoms with Crippen molar-refractivity contribution in [3.05, 3.63) is 27.5 Å². The van der Waals surface area contributed by atoms with Gasteiger partial charge in [-0.3, -0.25) is 0 Å². The van der Waals surface area contributed by atoms with Crippen molar-refractivity contribution in [3.8, 4) is 0 Å². The lowest BCUT2D eigenvalue weighted by molar-refractivity contribution is 0.0499. The summed E-state index contributed by atoms with van der Waals surface area (Å²) in [5.74, 6) is -0.518. The minimum Gasteiger partial charge on any atom is -0.462 e. The summed E-state index contributed by atoms with van der Waals surface area (Å²) < 4.78 is 5.02. The van der Waals surface area contributed by atoms with Crippen molar-refractivity contribution >= 4 is 29.2 Å². The number of aryl methyl sites for hydroxylation is 1. The van der Waals surface area contributed by atoms with E-state index in [2.05, 4.69) is 4.98 Å². The second-order valence-electron chi connectivity index (χ2n) is 3.40. The van der Waals surface area contributed by atoms with Crippen LogP contribution < -0.4 is 0 Å². The molecule has 0 amide bonds. The molecule has 0 spiro atoms. The van der Waals surface area contributed by atoms with Crippen molar-refractivity contribution in [2.45, 2.75) is 26.7 Å². The van der Waals surface area contributed by atoms with E-state index < -0.39 is 5.97 Å². The third-order valence-electron chi connectivity index (χ3n) is 1.99. The van der Waals surface area contributed by atoms with E-state index in [4.69, 9.17) is 27.9 Å². The maximum atomic E-state index is 11.6. The fourth-order valence-electron chi connectivity index (χ4n) is 1.16. The van der Waals surface area contributed by atoms with Crippen molar-refractivity contribution in [1.82, 2.24) is 4.98 Å². The SMILES string of the molecule is CCCCOC(=O)c1c(Cl)cc(C)nc1Cl. The molecule has 0 aliphatic rings. The number of carbonyl (C=O) groups is 1. The van der Waals surface area contributed by atoms with Crippen LogP contribution in [0.15, 0.2) is 6.07 Å². The van der Waals surface area contributed by atoms with Gasteiger partial charge in [0.2, 0.25) is 0 Å². The lowest BCUT2D eigenvalue weighted by atomic mass is 10.2. The van der Waals surface area contributed by atoms with Crippen LogP contribution in [0.4, 0.5) is 0 Å². The zero-order valence-corrected chi connectivity index (χ0v) is 10.7. The second-order valence-corrected chi connectivity index (χ2v) is 4.17. The molecule has 0 atom stereocenters. The van der Waals surface area contributed by atoms with Gasteiger partial charge in [-0.25, -0.2) is 9.78 Å². The molecule has 0 bridgehead atoms. The van der Waals surface area contributed by atoms with Gasteiger partial charge < -0.3 is 4.74 Å². The predicted molar refractivity (Wildman–Crippen MR) is 64.2 cm³/mol. The molecule has 1 rings (SSSR count). The molecule has 1 aromatic heterocycles. The molecule has 0 saturated carbocycles. The molecular formula is C11H13Cl2NO2. The van der Waals surface area contributed by atoms with Crippen molar-refractivity contribution in [3.63, 3.8) is 0 Å². The van der Waals surface area contributed by atoms with E-state index in [0.717, 1.165) is 12.8 Å². The normalized spacial score (nSPS) is 10.2. The van der Waals surface area contributed by atoms with E-state index in [9.17, 15) is 4.79 Å². The minimum atomic E-state index is -0.518. The van der Waals surface area contributed by atoms with Gasteiger partial charge in [0.1, 0.15) is 10.7 Å². The van der Waals surface area contributed by atoms with Gasteiger partial charge in [-0.05, 0) is 19.4 Å². The summed E-state index contributed by atoms with van der Waals surface area (Å²) in [7, 11) is 0. The van der Waals surface area contributed by atoms with Crippen molar-refractivity contribution < 1.29 is 9.53 Å². The van der Waals surface area contributed by atoms with Crippen molar-refractivity contribution in [1.29, 1.82) is 0 Å². The van der Waals surface area contributed by atoms with Gasteiger partial charge in [0.05, 0.1) is 11.6 Å². The van der Waals surface area contributed by atoms with E-state index in [1.165, 1.54) is 0 Å². The summed E-state index contributed by atoms with van der Waals surface area (Å²) >= 11 is 11.8. The standard InChI is InChI=1S/C11H13Cl2NO2/c1-3-4-5-16-11(15)9-8(12)6-7(2)14-10(9)13/h6H,3-5H2,1-2H3. The number of carbonyl (C=O) groups excluding carboxylic acids is 1. The number of esters is 1. The lowest BCUT2D eigenvalue weighted by Crippen LogP contribution is -2.09. The van der Waals surface area contributed by atoms with Gasteiger partial charge >= 0.3 is 5.97 Å². The third-order valence-corrected chi connectivity index (χ3v) is 2.56. The third kappa shape index (κ3) is 3.35. The average molecular weight is 262 g/mol. The van der Waals surface area contributed by atoms with Gasteiger partial charge in [-0.2, -0.15) is 0 Å². The first-order valence-electron chi connectivity index (χ1n) is 5.06. The Bertz CT molecular complexity index is 371. The monoisotopic (exact) mass is 261 g/mol. The molecule has 0 fully saturated rings. The second kappa shape index (κ2) is 6.06. The van der Waals surface area contributed by atoms with Crippen LogP contribution in [0.1, 0.15) is 35.8 Å². The maximum absolute atomic E-state index is 11.6. The Labute approximate surface area is 105 Å². The zero-order chi connectivity index (χ0) is 12.1. The molecule has 0 aliphatic heterocycles. The van der Waals surface area contributed by atoms with Crippen LogP contribution in [0.25, 0.3) is 0 Å². The average Bonchev–Trinajstić information content (AvgIpc) is 2.16. The topological polar surface area (TPSA) is 39.2 Å². The van der Waals surface area contributed by atoms with E-state index >= 15 is 0 Å². The van der Waals surface area contributed by atoms with Crippen LogP contribution in [0.5, 0.6) is 0 Å². The van der Waals surface area contributed by atoms with E-state index in [0.29, 0.717) is 12.3 Å². The molecule has 0 aliphatic carbocycles. The number of halogens is 2. The van der Waals surface area contributed by atoms with Crippen LogP contribution in [-0.4, -0.2) is 17.6 Å². The molecule has 3 nitrogen and oxygen atoms in total. The summed E-state index contributed by atoms with van der Waals surface area (Å²) in [4.78, 5) is 15.6. The maximum Gasteiger partial charge on any atom is 0.342 e. The van der Waals surface area contributed by atoms with E-state index in [-0.39, 0.29) is 15.7 Å². The highest BCUT2D eigenvalue weighted by atomic mass is 35.5. The van der Waals surface area contributed by atoms with Crippen molar-refractivity contribution in [2.75, 3.05) is 6.61 Å². The van der Waals surface area contributed by atoms with Crippen LogP contribution in [0, 0.1) is 6.92 Å². The molecular weight excluding hydrogens is 249 g/mol. The number of pyridine rings is 1. The highest BCUT2D eigenvalue weighted by Crippen LogP contribution is 2.24.